The Balaban J connectivity index is 0.790. The monoisotopic (exact) mass is 960 g/mol. The van der Waals surface area contributed by atoms with Crippen LogP contribution in [-0.4, -0.2) is 90.8 Å². The molecular weight excluding hydrogens is 905 g/mol. The highest BCUT2D eigenvalue weighted by molar-refractivity contribution is 7.13. The van der Waals surface area contributed by atoms with Crippen molar-refractivity contribution in [1.29, 1.82) is 0 Å². The summed E-state index contributed by atoms with van der Waals surface area (Å²) in [5, 5.41) is 26.6. The van der Waals surface area contributed by atoms with E-state index in [4.69, 9.17) is 0 Å². The molecule has 4 heterocycles. The zero-order valence-electron chi connectivity index (χ0n) is 39.6. The zero-order chi connectivity index (χ0) is 49.5. The number of β-amino-alcohol motifs (C(OH)–C–C–N with tert-alkyl or cyclic N) is 1. The van der Waals surface area contributed by atoms with Crippen molar-refractivity contribution in [2.24, 2.45) is 5.41 Å². The fourth-order valence-corrected chi connectivity index (χ4v) is 9.27. The normalized spacial score (nSPS) is 15.5. The molecule has 1 saturated heterocycles. The van der Waals surface area contributed by atoms with Gasteiger partial charge < -0.3 is 41.6 Å². The third-order valence-electron chi connectivity index (χ3n) is 12.3. The number of hydrogen-bond donors (Lipinski definition) is 7. The Labute approximate surface area is 409 Å². The number of benzene rings is 4. The number of H-pyrrole nitrogens is 1. The Morgan fingerprint density at radius 1 is 0.857 bits per heavy atom. The van der Waals surface area contributed by atoms with E-state index in [1.807, 2.05) is 113 Å². The molecule has 70 heavy (non-hydrogen) atoms. The van der Waals surface area contributed by atoms with Crippen molar-refractivity contribution in [2.75, 3.05) is 23.7 Å². The Morgan fingerprint density at radius 3 is 2.31 bits per heavy atom. The van der Waals surface area contributed by atoms with Gasteiger partial charge in [0.2, 0.25) is 17.7 Å². The summed E-state index contributed by atoms with van der Waals surface area (Å²) < 4.78 is 0. The summed E-state index contributed by atoms with van der Waals surface area (Å²) in [7, 11) is 0. The molecule has 17 heteroatoms. The lowest BCUT2D eigenvalue weighted by atomic mass is 9.85. The summed E-state index contributed by atoms with van der Waals surface area (Å²) in [6, 6.07) is 28.9. The summed E-state index contributed by atoms with van der Waals surface area (Å²) in [5.41, 5.74) is 8.62. The Hall–Kier alpha value is -7.76. The second-order valence-corrected chi connectivity index (χ2v) is 19.4. The van der Waals surface area contributed by atoms with Gasteiger partial charge in [0.1, 0.15) is 24.2 Å². The Bertz CT molecular complexity index is 3020. The number of aliphatic hydroxyl groups excluding tert-OH is 1. The lowest BCUT2D eigenvalue weighted by molar-refractivity contribution is -0.144. The third-order valence-corrected chi connectivity index (χ3v) is 13.2. The molecule has 7 N–H and O–H groups in total. The van der Waals surface area contributed by atoms with Gasteiger partial charge in [0, 0.05) is 77.2 Å². The number of thiazole rings is 1. The van der Waals surface area contributed by atoms with Crippen LogP contribution in [0.15, 0.2) is 121 Å². The number of aromatic nitrogens is 4. The third kappa shape index (κ3) is 11.6. The molecule has 16 nitrogen and oxygen atoms in total. The highest BCUT2D eigenvalue weighted by atomic mass is 32.1. The number of rotatable bonds is 16. The molecule has 360 valence electrons. The number of aliphatic hydroxyl groups is 1. The number of para-hydroxylation sites is 1. The van der Waals surface area contributed by atoms with Gasteiger partial charge in [-0.1, -0.05) is 69.3 Å². The van der Waals surface area contributed by atoms with Gasteiger partial charge in [0.05, 0.1) is 33.9 Å². The number of carbonyl (C=O) groups excluding carboxylic acids is 5. The number of amides is 5. The van der Waals surface area contributed by atoms with E-state index >= 15 is 0 Å². The molecule has 1 unspecified atom stereocenters. The maximum absolute atomic E-state index is 14.1. The molecule has 0 radical (unpaired) electrons. The number of nitrogens with one attached hydrogen (secondary N) is 6. The van der Waals surface area contributed by atoms with Crippen LogP contribution in [0.1, 0.15) is 85.0 Å². The molecule has 3 aromatic heterocycles. The van der Waals surface area contributed by atoms with Crippen molar-refractivity contribution < 1.29 is 29.1 Å². The van der Waals surface area contributed by atoms with Gasteiger partial charge in [-0.2, -0.15) is 0 Å². The van der Waals surface area contributed by atoms with E-state index in [0.717, 1.165) is 43.9 Å². The largest absolute Gasteiger partial charge is 0.391 e. The van der Waals surface area contributed by atoms with Crippen molar-refractivity contribution >= 4 is 69.0 Å². The van der Waals surface area contributed by atoms with Gasteiger partial charge in [-0.25, -0.2) is 15.0 Å². The number of carbonyl (C=O) groups is 5. The molecule has 0 spiro atoms. The minimum atomic E-state index is -0.985. The average molecular weight is 961 g/mol. The minimum absolute atomic E-state index is 0.0203. The van der Waals surface area contributed by atoms with Crippen molar-refractivity contribution in [2.45, 2.75) is 78.1 Å². The number of aromatic amines is 1. The van der Waals surface area contributed by atoms with Crippen molar-refractivity contribution in [1.82, 2.24) is 40.8 Å². The maximum atomic E-state index is 14.1. The number of nitrogens with zero attached hydrogens (tertiary/aromatic N) is 4. The van der Waals surface area contributed by atoms with Crippen LogP contribution in [0.5, 0.6) is 0 Å². The summed E-state index contributed by atoms with van der Waals surface area (Å²) in [6.45, 7) is 9.44. The van der Waals surface area contributed by atoms with E-state index in [2.05, 4.69) is 46.5 Å². The van der Waals surface area contributed by atoms with Crippen LogP contribution in [-0.2, 0) is 14.4 Å². The van der Waals surface area contributed by atoms with Gasteiger partial charge in [0.25, 0.3) is 11.8 Å². The first kappa shape index (κ1) is 48.7. The quantitative estimate of drug-likeness (QED) is 0.0463. The van der Waals surface area contributed by atoms with Crippen LogP contribution >= 0.6 is 11.3 Å². The lowest BCUT2D eigenvalue weighted by Crippen LogP contribution is -2.57. The highest BCUT2D eigenvalue weighted by Gasteiger charge is 2.44. The minimum Gasteiger partial charge on any atom is -0.391 e. The number of hydrogen-bond acceptors (Lipinski definition) is 11. The molecule has 0 saturated carbocycles. The van der Waals surface area contributed by atoms with Crippen LogP contribution < -0.4 is 26.6 Å². The van der Waals surface area contributed by atoms with Gasteiger partial charge >= 0.3 is 0 Å². The SMILES string of the molecule is Cc1ncsc1-c1ccc([C@H](C)NC(=O)C2C[C@@H](O)CN2C(=O)[C@@H](NC(=O)CCCNC(=O)c2ccc(C(=O)Nc3cccc(Nc4cc(-c5c[nH]c6ccccc56)ncn4)c3)cc2)C(C)(C)C)cc1. The van der Waals surface area contributed by atoms with E-state index in [1.54, 1.807) is 47.7 Å². The van der Waals surface area contributed by atoms with Gasteiger partial charge in [-0.3, -0.25) is 24.0 Å². The number of anilines is 3. The van der Waals surface area contributed by atoms with E-state index in [0.29, 0.717) is 28.3 Å². The van der Waals surface area contributed by atoms with E-state index in [-0.39, 0.29) is 56.1 Å². The Kier molecular flexibility index (Phi) is 14.8. The average Bonchev–Trinajstić information content (AvgIpc) is 4.10. The smallest absolute Gasteiger partial charge is 0.255 e. The number of aryl methyl sites for hydroxylation is 1. The van der Waals surface area contributed by atoms with Crippen molar-refractivity contribution in [3.8, 4) is 21.7 Å². The molecule has 0 bridgehead atoms. The molecule has 0 aliphatic carbocycles. The van der Waals surface area contributed by atoms with Crippen LogP contribution in [0.25, 0.3) is 32.6 Å². The van der Waals surface area contributed by atoms with Gasteiger partial charge in [-0.05, 0) is 85.3 Å². The molecule has 8 rings (SSSR count). The van der Waals surface area contributed by atoms with E-state index in [9.17, 15) is 29.1 Å². The predicted octanol–water partition coefficient (Wildman–Crippen LogP) is 7.93. The molecule has 1 fully saturated rings. The van der Waals surface area contributed by atoms with Crippen LogP contribution in [0.3, 0.4) is 0 Å². The summed E-state index contributed by atoms with van der Waals surface area (Å²) in [4.78, 5) is 86.2. The van der Waals surface area contributed by atoms with Crippen LogP contribution in [0.2, 0.25) is 0 Å². The fourth-order valence-electron chi connectivity index (χ4n) is 8.46. The van der Waals surface area contributed by atoms with Gasteiger partial charge in [0.15, 0.2) is 0 Å². The van der Waals surface area contributed by atoms with Crippen LogP contribution in [0, 0.1) is 12.3 Å². The Morgan fingerprint density at radius 2 is 1.59 bits per heavy atom. The second kappa shape index (κ2) is 21.3. The molecular formula is C53H56N10O6S. The topological polar surface area (TPSA) is 223 Å². The molecule has 4 aromatic carbocycles. The molecule has 5 amide bonds. The standard InChI is InChI=1S/C53H56N10O6S/c1-31(33-15-17-34(18-16-33)47-32(2)58-30-70-47)59-51(68)44-25-39(64)28-63(44)52(69)48(53(3,4)5)62-46(65)14-9-23-54-49(66)35-19-21-36(22-20-35)50(67)61-38-11-8-10-37(24-38)60-45-26-43(56-29-57-45)41-27-55-42-13-7-6-12-40(41)42/h6-8,10-13,15-22,24,26-27,29-31,39,44,48,55,64H,9,14,23,25,28H2,1-5H3,(H,54,66)(H,59,68)(H,61,67)(H,62,65)(H,56,57,60)/t31-,39+,44?,48+/m0/s1. The molecule has 4 atom stereocenters. The maximum Gasteiger partial charge on any atom is 0.255 e. The molecule has 1 aliphatic heterocycles. The van der Waals surface area contributed by atoms with Gasteiger partial charge in [-0.15, -0.1) is 11.3 Å². The molecule has 1 aliphatic rings. The number of likely N-dealkylation sites (tertiary alicyclic amines) is 1. The molecule has 7 aromatic rings. The highest BCUT2D eigenvalue weighted by Crippen LogP contribution is 2.31. The fraction of sp³-hybridized carbons (Fsp3) is 0.283. The lowest BCUT2D eigenvalue weighted by Gasteiger charge is -2.35. The second-order valence-electron chi connectivity index (χ2n) is 18.5. The zero-order valence-corrected chi connectivity index (χ0v) is 40.4. The van der Waals surface area contributed by atoms with E-state index < -0.39 is 35.4 Å². The summed E-state index contributed by atoms with van der Waals surface area (Å²) in [5.74, 6) is -1.39. The van der Waals surface area contributed by atoms with Crippen molar-refractivity contribution in [3.63, 3.8) is 0 Å². The first-order valence-electron chi connectivity index (χ1n) is 23.1. The van der Waals surface area contributed by atoms with Crippen molar-refractivity contribution in [3.05, 3.63) is 144 Å². The predicted molar refractivity (Wildman–Crippen MR) is 271 cm³/mol. The first-order chi connectivity index (χ1) is 33.6. The van der Waals surface area contributed by atoms with E-state index in [1.165, 1.54) is 11.2 Å². The van der Waals surface area contributed by atoms with Crippen LogP contribution in [0.4, 0.5) is 17.2 Å². The first-order valence-corrected chi connectivity index (χ1v) is 24.0. The summed E-state index contributed by atoms with van der Waals surface area (Å²) >= 11 is 1.56. The summed E-state index contributed by atoms with van der Waals surface area (Å²) in [6.07, 6.45) is 2.90. The number of fused-ring (bicyclic) bond motifs is 1.